The number of nitrogen functional groups attached to an aromatic ring is 1. The molecule has 9 nitrogen and oxygen atoms in total. The summed E-state index contributed by atoms with van der Waals surface area (Å²) < 4.78 is 23.8. The lowest BCUT2D eigenvalue weighted by Crippen LogP contribution is -2.40. The van der Waals surface area contributed by atoms with Crippen LogP contribution >= 0.6 is 0 Å². The normalized spacial score (nSPS) is 17.5. The number of hydroxylamine groups is 1. The van der Waals surface area contributed by atoms with Gasteiger partial charge in [-0.2, -0.15) is 0 Å². The number of hydrogen-bond acceptors (Lipinski definition) is 6. The number of amides is 1. The van der Waals surface area contributed by atoms with Gasteiger partial charge >= 0.3 is 0 Å². The second-order valence-corrected chi connectivity index (χ2v) is 9.47. The summed E-state index contributed by atoms with van der Waals surface area (Å²) in [6.07, 6.45) is 1.65. The molecule has 1 heterocycles. The second kappa shape index (κ2) is 8.75. The van der Waals surface area contributed by atoms with E-state index in [0.29, 0.717) is 28.1 Å². The second-order valence-electron chi connectivity index (χ2n) is 7.94. The summed E-state index contributed by atoms with van der Waals surface area (Å²) in [7, 11) is -3.88. The van der Waals surface area contributed by atoms with Gasteiger partial charge in [0.2, 0.25) is 10.0 Å². The molecule has 7 N–H and O–H groups in total. The Morgan fingerprint density at radius 1 is 1.03 bits per heavy atom. The van der Waals surface area contributed by atoms with E-state index in [-0.39, 0.29) is 10.7 Å². The molecule has 1 unspecified atom stereocenters. The highest BCUT2D eigenvalue weighted by Gasteiger charge is 2.38. The highest BCUT2D eigenvalue weighted by Crippen LogP contribution is 2.30. The van der Waals surface area contributed by atoms with Gasteiger partial charge in [-0.25, -0.2) is 13.6 Å². The summed E-state index contributed by atoms with van der Waals surface area (Å²) in [5.74, 6) is -0.465. The van der Waals surface area contributed by atoms with Crippen LogP contribution in [0.4, 0.5) is 5.69 Å². The van der Waals surface area contributed by atoms with E-state index in [9.17, 15) is 13.2 Å². The van der Waals surface area contributed by atoms with Gasteiger partial charge in [-0.15, -0.1) is 0 Å². The SMILES string of the molecule is CC1(C(=O)Nc2ccc(-c3ccccc3S(N)(=O)=O)cc2)C=C(c2cccc(C(=N)N)c2)NO1. The monoisotopic (exact) mass is 477 g/mol. The molecule has 0 saturated heterocycles. The van der Waals surface area contributed by atoms with E-state index >= 15 is 0 Å². The molecule has 1 amide bonds. The molecule has 0 spiro atoms. The van der Waals surface area contributed by atoms with Crippen LogP contribution in [0.1, 0.15) is 18.1 Å². The lowest BCUT2D eigenvalue weighted by atomic mass is 10.0. The average Bonchev–Trinajstić information content (AvgIpc) is 3.23. The van der Waals surface area contributed by atoms with Crippen molar-refractivity contribution in [1.82, 2.24) is 5.48 Å². The van der Waals surface area contributed by atoms with E-state index in [0.717, 1.165) is 5.56 Å². The number of primary sulfonamides is 1. The van der Waals surface area contributed by atoms with Crippen LogP contribution in [-0.2, 0) is 19.7 Å². The standard InChI is InChI=1S/C24H23N5O4S/c1-24(14-20(29-33-24)16-5-4-6-17(13-16)22(25)26)23(30)28-18-11-9-15(10-12-18)19-7-2-3-8-21(19)34(27,31)32/h2-14,29H,1H3,(H3,25,26)(H,28,30)(H2,27,31,32). The number of carbonyl (C=O) groups excluding carboxylic acids is 1. The van der Waals surface area contributed by atoms with Crippen molar-refractivity contribution in [2.75, 3.05) is 5.32 Å². The maximum atomic E-state index is 13.0. The summed E-state index contributed by atoms with van der Waals surface area (Å²) in [4.78, 5) is 18.6. The number of carbonyl (C=O) groups is 1. The quantitative estimate of drug-likeness (QED) is 0.271. The third kappa shape index (κ3) is 4.69. The number of nitrogens with two attached hydrogens (primary N) is 2. The van der Waals surface area contributed by atoms with Crippen molar-refractivity contribution in [2.45, 2.75) is 17.4 Å². The minimum Gasteiger partial charge on any atom is -0.384 e. The summed E-state index contributed by atoms with van der Waals surface area (Å²) in [5, 5.41) is 15.7. The number of sulfonamides is 1. The molecule has 3 aromatic rings. The first kappa shape index (κ1) is 23.2. The number of anilines is 1. The van der Waals surface area contributed by atoms with Crippen molar-refractivity contribution in [2.24, 2.45) is 10.9 Å². The molecule has 0 fully saturated rings. The van der Waals surface area contributed by atoms with Gasteiger partial charge in [0.05, 0.1) is 10.6 Å². The smallest absolute Gasteiger partial charge is 0.263 e. The Morgan fingerprint density at radius 3 is 2.41 bits per heavy atom. The zero-order valence-electron chi connectivity index (χ0n) is 18.2. The van der Waals surface area contributed by atoms with Crippen molar-refractivity contribution in [1.29, 1.82) is 5.41 Å². The Labute approximate surface area is 196 Å². The molecule has 0 bridgehead atoms. The van der Waals surface area contributed by atoms with Crippen LogP contribution in [-0.4, -0.2) is 25.8 Å². The van der Waals surface area contributed by atoms with Gasteiger partial charge in [0, 0.05) is 22.4 Å². The van der Waals surface area contributed by atoms with Crippen molar-refractivity contribution in [3.8, 4) is 11.1 Å². The summed E-state index contributed by atoms with van der Waals surface area (Å²) in [5.41, 5.74) is 10.5. The molecule has 0 saturated carbocycles. The fraction of sp³-hybridized carbons (Fsp3) is 0.0833. The highest BCUT2D eigenvalue weighted by molar-refractivity contribution is 7.89. The first-order valence-corrected chi connectivity index (χ1v) is 11.8. The largest absolute Gasteiger partial charge is 0.384 e. The van der Waals surface area contributed by atoms with Crippen LogP contribution < -0.4 is 21.7 Å². The van der Waals surface area contributed by atoms with Crippen molar-refractivity contribution in [3.63, 3.8) is 0 Å². The number of amidine groups is 1. The minimum absolute atomic E-state index is 0.0243. The molecular formula is C24H23N5O4S. The fourth-order valence-electron chi connectivity index (χ4n) is 3.55. The third-order valence-corrected chi connectivity index (χ3v) is 6.34. The van der Waals surface area contributed by atoms with Gasteiger partial charge in [-0.3, -0.25) is 20.5 Å². The topological polar surface area (TPSA) is 160 Å². The fourth-order valence-corrected chi connectivity index (χ4v) is 4.31. The van der Waals surface area contributed by atoms with Gasteiger partial charge in [-0.05, 0) is 42.8 Å². The molecule has 0 radical (unpaired) electrons. The van der Waals surface area contributed by atoms with Crippen molar-refractivity contribution >= 4 is 33.2 Å². The van der Waals surface area contributed by atoms with Gasteiger partial charge in [0.15, 0.2) is 5.60 Å². The van der Waals surface area contributed by atoms with E-state index in [1.54, 1.807) is 73.7 Å². The molecular weight excluding hydrogens is 454 g/mol. The molecule has 34 heavy (non-hydrogen) atoms. The van der Waals surface area contributed by atoms with Crippen LogP contribution in [0.2, 0.25) is 0 Å². The van der Waals surface area contributed by atoms with Crippen molar-refractivity contribution < 1.29 is 18.0 Å². The lowest BCUT2D eigenvalue weighted by molar-refractivity contribution is -0.135. The van der Waals surface area contributed by atoms with E-state index in [2.05, 4.69) is 10.8 Å². The molecule has 4 rings (SSSR count). The first-order chi connectivity index (χ1) is 16.1. The molecule has 174 valence electrons. The lowest BCUT2D eigenvalue weighted by Gasteiger charge is -2.19. The van der Waals surface area contributed by atoms with Gasteiger partial charge < -0.3 is 11.1 Å². The maximum Gasteiger partial charge on any atom is 0.263 e. The molecule has 1 aliphatic heterocycles. The molecule has 3 aromatic carbocycles. The van der Waals surface area contributed by atoms with Crippen LogP contribution in [0.25, 0.3) is 16.8 Å². The van der Waals surface area contributed by atoms with Crippen LogP contribution in [0.5, 0.6) is 0 Å². The summed E-state index contributed by atoms with van der Waals surface area (Å²) in [6.45, 7) is 1.62. The Balaban J connectivity index is 1.53. The first-order valence-electron chi connectivity index (χ1n) is 10.2. The number of nitrogens with one attached hydrogen (secondary N) is 3. The zero-order valence-corrected chi connectivity index (χ0v) is 19.0. The van der Waals surface area contributed by atoms with E-state index in [4.69, 9.17) is 21.1 Å². The predicted molar refractivity (Wildman–Crippen MR) is 130 cm³/mol. The van der Waals surface area contributed by atoms with E-state index < -0.39 is 21.5 Å². The summed E-state index contributed by atoms with van der Waals surface area (Å²) >= 11 is 0. The minimum atomic E-state index is -3.88. The molecule has 0 aliphatic carbocycles. The Hall–Kier alpha value is -3.99. The molecule has 10 heteroatoms. The van der Waals surface area contributed by atoms with Crippen LogP contribution in [0.3, 0.4) is 0 Å². The van der Waals surface area contributed by atoms with Crippen molar-refractivity contribution in [3.05, 3.63) is 90.0 Å². The van der Waals surface area contributed by atoms with E-state index in [1.165, 1.54) is 6.07 Å². The zero-order chi connectivity index (χ0) is 24.5. The number of hydrogen-bond donors (Lipinski definition) is 5. The average molecular weight is 478 g/mol. The molecule has 1 atom stereocenters. The molecule has 0 aromatic heterocycles. The van der Waals surface area contributed by atoms with Gasteiger partial charge in [0.25, 0.3) is 5.91 Å². The van der Waals surface area contributed by atoms with Gasteiger partial charge in [-0.1, -0.05) is 48.5 Å². The Kier molecular flexibility index (Phi) is 5.96. The van der Waals surface area contributed by atoms with Crippen LogP contribution in [0.15, 0.2) is 83.8 Å². The van der Waals surface area contributed by atoms with E-state index in [1.807, 2.05) is 6.07 Å². The summed E-state index contributed by atoms with van der Waals surface area (Å²) in [6, 6.07) is 20.2. The van der Waals surface area contributed by atoms with Crippen LogP contribution in [0, 0.1) is 5.41 Å². The maximum absolute atomic E-state index is 13.0. The van der Waals surface area contributed by atoms with Gasteiger partial charge in [0.1, 0.15) is 5.84 Å². The molecule has 1 aliphatic rings. The number of benzene rings is 3. The predicted octanol–water partition coefficient (Wildman–Crippen LogP) is 2.56. The Morgan fingerprint density at radius 2 is 1.74 bits per heavy atom. The third-order valence-electron chi connectivity index (χ3n) is 5.38. The Bertz CT molecular complexity index is 1420. The number of rotatable bonds is 6. The highest BCUT2D eigenvalue weighted by atomic mass is 32.2.